The molecule has 1 aliphatic carbocycles. The van der Waals surface area contributed by atoms with E-state index >= 15 is 0 Å². The Morgan fingerprint density at radius 2 is 1.13 bits per heavy atom. The second-order valence-corrected chi connectivity index (χ2v) is 14.3. The Morgan fingerprint density at radius 1 is 0.733 bits per heavy atom. The molecule has 2 aromatic rings. The molecule has 0 atom stereocenters. The molecule has 0 aromatic heterocycles. The summed E-state index contributed by atoms with van der Waals surface area (Å²) in [6.07, 6.45) is 5.34. The summed E-state index contributed by atoms with van der Waals surface area (Å²) in [4.78, 5) is 0. The third-order valence-corrected chi connectivity index (χ3v) is 13.2. The van der Waals surface area contributed by atoms with E-state index in [0.29, 0.717) is 13.2 Å². The lowest BCUT2D eigenvalue weighted by Gasteiger charge is -2.30. The Hall–Kier alpha value is -1.29. The van der Waals surface area contributed by atoms with Crippen molar-refractivity contribution in [1.29, 1.82) is 0 Å². The fourth-order valence-corrected chi connectivity index (χ4v) is 9.58. The van der Waals surface area contributed by atoms with Crippen molar-refractivity contribution in [2.45, 2.75) is 51.6 Å². The summed E-state index contributed by atoms with van der Waals surface area (Å²) in [5, 5.41) is 2.31. The molecule has 3 rings (SSSR count). The van der Waals surface area contributed by atoms with Crippen molar-refractivity contribution >= 4 is 27.5 Å². The summed E-state index contributed by atoms with van der Waals surface area (Å²) in [7, 11) is -0.740. The molecule has 1 fully saturated rings. The maximum atomic E-state index is 6.16. The summed E-state index contributed by atoms with van der Waals surface area (Å²) in [5.41, 5.74) is 0.734. The van der Waals surface area contributed by atoms with Gasteiger partial charge < -0.3 is 17.7 Å². The third kappa shape index (κ3) is 6.12. The highest BCUT2D eigenvalue weighted by molar-refractivity contribution is 6.92. The zero-order valence-corrected chi connectivity index (χ0v) is 21.2. The van der Waals surface area contributed by atoms with Crippen LogP contribution in [0.15, 0.2) is 60.7 Å². The molecule has 0 radical (unpaired) electrons. The van der Waals surface area contributed by atoms with Crippen LogP contribution in [0.1, 0.15) is 39.5 Å². The van der Waals surface area contributed by atoms with E-state index in [2.05, 4.69) is 30.8 Å². The van der Waals surface area contributed by atoms with E-state index in [4.69, 9.17) is 17.7 Å². The maximum Gasteiger partial charge on any atom is 0.407 e. The van der Waals surface area contributed by atoms with Crippen LogP contribution in [0.5, 0.6) is 0 Å². The molecule has 6 heteroatoms. The minimum Gasteiger partial charge on any atom is -0.398 e. The average molecular weight is 447 g/mol. The molecular weight excluding hydrogens is 408 g/mol. The topological polar surface area (TPSA) is 36.9 Å². The Labute approximate surface area is 185 Å². The number of hydrogen-bond acceptors (Lipinski definition) is 4. The number of rotatable bonds is 9. The van der Waals surface area contributed by atoms with Crippen molar-refractivity contribution in [2.75, 3.05) is 27.4 Å². The second kappa shape index (κ2) is 12.5. The summed E-state index contributed by atoms with van der Waals surface area (Å²) >= 11 is 0. The van der Waals surface area contributed by atoms with Gasteiger partial charge in [0.15, 0.2) is 0 Å². The highest BCUT2D eigenvalue weighted by Gasteiger charge is 2.42. The van der Waals surface area contributed by atoms with Crippen molar-refractivity contribution in [2.24, 2.45) is 0 Å². The Balaban J connectivity index is 0.000000248. The van der Waals surface area contributed by atoms with E-state index in [1.165, 1.54) is 25.7 Å². The van der Waals surface area contributed by atoms with Gasteiger partial charge in [-0.2, -0.15) is 0 Å². The van der Waals surface area contributed by atoms with Crippen molar-refractivity contribution in [3.05, 3.63) is 60.7 Å². The fourth-order valence-electron chi connectivity index (χ4n) is 4.13. The van der Waals surface area contributed by atoms with Crippen molar-refractivity contribution in [3.8, 4) is 0 Å². The van der Waals surface area contributed by atoms with Gasteiger partial charge in [0.1, 0.15) is 0 Å². The molecule has 30 heavy (non-hydrogen) atoms. The van der Waals surface area contributed by atoms with Gasteiger partial charge in [-0.25, -0.2) is 0 Å². The molecule has 0 unspecified atom stereocenters. The molecule has 0 saturated heterocycles. The zero-order chi connectivity index (χ0) is 21.9. The highest BCUT2D eigenvalue weighted by Crippen LogP contribution is 2.38. The Bertz CT molecular complexity index is 654. The standard InChI is InChI=1S/C16H20O2Si.C8H18O2Si/c1-3-17-19(18-4-2,15-11-7-5-8-12-15)16-13-9-6-10-14-16;1-9-11(3,10-2)8-6-4-5-7-8/h5-14H,3-4H2,1-2H3;8H,4-7H2,1-3H3. The van der Waals surface area contributed by atoms with E-state index in [9.17, 15) is 0 Å². The largest absolute Gasteiger partial charge is 0.407 e. The minimum absolute atomic E-state index is 0.649. The first-order chi connectivity index (χ1) is 14.6. The van der Waals surface area contributed by atoms with Crippen LogP contribution in [0.4, 0.5) is 0 Å². The first-order valence-electron chi connectivity index (χ1n) is 11.1. The molecule has 0 spiro atoms. The van der Waals surface area contributed by atoms with Gasteiger partial charge in [0.2, 0.25) is 0 Å². The van der Waals surface area contributed by atoms with Gasteiger partial charge in [-0.15, -0.1) is 0 Å². The normalized spacial score (nSPS) is 15.0. The molecular formula is C24H38O4Si2. The maximum absolute atomic E-state index is 6.16. The summed E-state index contributed by atoms with van der Waals surface area (Å²) in [6.45, 7) is 7.51. The monoisotopic (exact) mass is 446 g/mol. The zero-order valence-electron chi connectivity index (χ0n) is 19.2. The van der Waals surface area contributed by atoms with Crippen molar-refractivity contribution in [1.82, 2.24) is 0 Å². The number of hydrogen-bond donors (Lipinski definition) is 0. The van der Waals surface area contributed by atoms with Crippen LogP contribution in [0.25, 0.3) is 0 Å². The van der Waals surface area contributed by atoms with E-state index < -0.39 is 17.1 Å². The van der Waals surface area contributed by atoms with Crippen LogP contribution in [0.2, 0.25) is 12.1 Å². The molecule has 1 saturated carbocycles. The van der Waals surface area contributed by atoms with Crippen LogP contribution in [0.3, 0.4) is 0 Å². The van der Waals surface area contributed by atoms with Gasteiger partial charge in [-0.3, -0.25) is 0 Å². The third-order valence-electron chi connectivity index (χ3n) is 5.91. The first-order valence-corrected chi connectivity index (χ1v) is 15.3. The molecule has 0 bridgehead atoms. The minimum atomic E-state index is -2.55. The lowest BCUT2D eigenvalue weighted by atomic mass is 10.4. The van der Waals surface area contributed by atoms with E-state index in [1.54, 1.807) is 14.2 Å². The smallest absolute Gasteiger partial charge is 0.398 e. The molecule has 4 nitrogen and oxygen atoms in total. The quantitative estimate of drug-likeness (QED) is 0.527. The Morgan fingerprint density at radius 3 is 1.47 bits per heavy atom. The van der Waals surface area contributed by atoms with E-state index in [-0.39, 0.29) is 0 Å². The average Bonchev–Trinajstić information content (AvgIpc) is 3.36. The van der Waals surface area contributed by atoms with Crippen molar-refractivity contribution in [3.63, 3.8) is 0 Å². The van der Waals surface area contributed by atoms with E-state index in [0.717, 1.165) is 15.9 Å². The van der Waals surface area contributed by atoms with E-state index in [1.807, 2.05) is 50.2 Å². The molecule has 1 aliphatic rings. The predicted octanol–water partition coefficient (Wildman–Crippen LogP) is 4.61. The predicted molar refractivity (Wildman–Crippen MR) is 129 cm³/mol. The van der Waals surface area contributed by atoms with Crippen LogP contribution < -0.4 is 10.4 Å². The van der Waals surface area contributed by atoms with Crippen LogP contribution in [0, 0.1) is 0 Å². The van der Waals surface area contributed by atoms with Gasteiger partial charge in [-0.05, 0) is 43.6 Å². The molecule has 166 valence electrons. The lowest BCUT2D eigenvalue weighted by molar-refractivity contribution is 0.208. The van der Waals surface area contributed by atoms with Crippen LogP contribution in [-0.2, 0) is 17.7 Å². The number of benzene rings is 2. The molecule has 0 heterocycles. The summed E-state index contributed by atoms with van der Waals surface area (Å²) in [6, 6.07) is 20.6. The van der Waals surface area contributed by atoms with Gasteiger partial charge in [-0.1, -0.05) is 73.5 Å². The lowest BCUT2D eigenvalue weighted by Crippen LogP contribution is -2.63. The first kappa shape index (κ1) is 25.0. The Kier molecular flexibility index (Phi) is 10.4. The second-order valence-electron chi connectivity index (χ2n) is 7.62. The SMILES string of the molecule is CCO[Si](OCC)(c1ccccc1)c1ccccc1.CO[Si](C)(OC)C1CCCC1. The van der Waals surface area contributed by atoms with Gasteiger partial charge in [0, 0.05) is 33.0 Å². The molecule has 0 N–H and O–H groups in total. The van der Waals surface area contributed by atoms with Crippen LogP contribution >= 0.6 is 0 Å². The fraction of sp³-hybridized carbons (Fsp3) is 0.500. The summed E-state index contributed by atoms with van der Waals surface area (Å²) < 4.78 is 23.3. The highest BCUT2D eigenvalue weighted by atomic mass is 28.4. The van der Waals surface area contributed by atoms with Gasteiger partial charge in [0.05, 0.1) is 0 Å². The summed E-state index contributed by atoms with van der Waals surface area (Å²) in [5.74, 6) is 0. The van der Waals surface area contributed by atoms with Gasteiger partial charge >= 0.3 is 17.1 Å². The van der Waals surface area contributed by atoms with Crippen LogP contribution in [-0.4, -0.2) is 44.6 Å². The van der Waals surface area contributed by atoms with Gasteiger partial charge in [0.25, 0.3) is 0 Å². The molecule has 0 amide bonds. The molecule has 2 aromatic carbocycles. The molecule has 0 aliphatic heterocycles. The van der Waals surface area contributed by atoms with Crippen molar-refractivity contribution < 1.29 is 17.7 Å².